The van der Waals surface area contributed by atoms with Gasteiger partial charge in [-0.25, -0.2) is 13.1 Å². The summed E-state index contributed by atoms with van der Waals surface area (Å²) in [5, 5.41) is 6.14. The molecule has 236 valence electrons. The van der Waals surface area contributed by atoms with Crippen molar-refractivity contribution in [1.29, 1.82) is 0 Å². The van der Waals surface area contributed by atoms with Gasteiger partial charge in [0.1, 0.15) is 10.9 Å². The van der Waals surface area contributed by atoms with Crippen molar-refractivity contribution in [1.82, 2.24) is 25.2 Å². The maximum atomic E-state index is 14.0. The molecule has 0 bridgehead atoms. The van der Waals surface area contributed by atoms with E-state index >= 15 is 0 Å². The van der Waals surface area contributed by atoms with Gasteiger partial charge in [-0.1, -0.05) is 84.9 Å². The summed E-state index contributed by atoms with van der Waals surface area (Å²) >= 11 is 0. The number of aromatic nitrogens is 1. The molecule has 0 aliphatic carbocycles. The third-order valence-electron chi connectivity index (χ3n) is 7.62. The van der Waals surface area contributed by atoms with Gasteiger partial charge in [-0.2, -0.15) is 0 Å². The van der Waals surface area contributed by atoms with Crippen LogP contribution in [0, 0.1) is 11.3 Å². The summed E-state index contributed by atoms with van der Waals surface area (Å²) in [5.41, 5.74) is -0.126. The number of sulfonamides is 1. The molecule has 2 rings (SSSR count). The fourth-order valence-electron chi connectivity index (χ4n) is 4.93. The average molecular weight is 614 g/mol. The summed E-state index contributed by atoms with van der Waals surface area (Å²) in [6, 6.07) is 10.4. The Balaban J connectivity index is 2.33. The van der Waals surface area contributed by atoms with Crippen LogP contribution in [-0.4, -0.2) is 68.2 Å². The van der Waals surface area contributed by atoms with E-state index in [0.717, 1.165) is 11.8 Å². The summed E-state index contributed by atoms with van der Waals surface area (Å²) in [6.45, 7) is 14.9. The van der Waals surface area contributed by atoms with E-state index in [2.05, 4.69) is 20.3 Å². The van der Waals surface area contributed by atoms with Gasteiger partial charge < -0.3 is 15.5 Å². The molecule has 0 aliphatic heterocycles. The fraction of sp³-hybridized carbons (Fsp3) is 0.500. The van der Waals surface area contributed by atoms with Crippen molar-refractivity contribution in [3.05, 3.63) is 72.1 Å². The van der Waals surface area contributed by atoms with Crippen LogP contribution in [0.1, 0.15) is 61.0 Å². The second kappa shape index (κ2) is 14.3. The van der Waals surface area contributed by atoms with Crippen LogP contribution in [0.25, 0.3) is 0 Å². The summed E-state index contributed by atoms with van der Waals surface area (Å²) < 4.78 is 27.3. The molecule has 0 saturated carbocycles. The Morgan fingerprint density at radius 3 is 2.05 bits per heavy atom. The summed E-state index contributed by atoms with van der Waals surface area (Å²) in [5.74, 6) is -1.59. The summed E-state index contributed by atoms with van der Waals surface area (Å²) in [7, 11) is -0.784. The second-order valence-corrected chi connectivity index (χ2v) is 14.5. The van der Waals surface area contributed by atoms with Crippen molar-refractivity contribution in [2.24, 2.45) is 11.3 Å². The van der Waals surface area contributed by atoms with Crippen LogP contribution in [0.4, 0.5) is 0 Å². The number of pyridine rings is 1. The number of carbonyl (C=O) groups is 3. The lowest BCUT2D eigenvalue weighted by Crippen LogP contribution is -2.61. The molecule has 0 radical (unpaired) electrons. The molecule has 43 heavy (non-hydrogen) atoms. The Bertz CT molecular complexity index is 1400. The van der Waals surface area contributed by atoms with Crippen LogP contribution in [0.3, 0.4) is 0 Å². The van der Waals surface area contributed by atoms with Gasteiger partial charge >= 0.3 is 0 Å². The molecule has 3 N–H and O–H groups in total. The summed E-state index contributed by atoms with van der Waals surface area (Å²) in [4.78, 5) is 45.8. The molecule has 3 amide bonds. The van der Waals surface area contributed by atoms with Gasteiger partial charge in [0.05, 0.1) is 12.1 Å². The van der Waals surface area contributed by atoms with Crippen molar-refractivity contribution in [3.63, 3.8) is 0 Å². The molecule has 11 heteroatoms. The smallest absolute Gasteiger partial charge is 0.265 e. The Morgan fingerprint density at radius 1 is 0.953 bits per heavy atom. The SMILES string of the molecule is CN[C@H](C(=O)N[C@H](C(=O)N(C)[C@H](C=C(C)C(=O)NS(=O)(=O)c1cccnc1)C(C)C)C(C)(C)C)C(C)(C)c1ccccc1. The molecule has 10 nitrogen and oxygen atoms in total. The second-order valence-electron chi connectivity index (χ2n) is 12.8. The van der Waals surface area contributed by atoms with Crippen molar-refractivity contribution in [3.8, 4) is 0 Å². The number of benzene rings is 1. The average Bonchev–Trinajstić information content (AvgIpc) is 2.93. The van der Waals surface area contributed by atoms with E-state index in [4.69, 9.17) is 0 Å². The van der Waals surface area contributed by atoms with Crippen LogP contribution in [0.15, 0.2) is 71.4 Å². The molecule has 1 aromatic carbocycles. The summed E-state index contributed by atoms with van der Waals surface area (Å²) in [6.07, 6.45) is 4.16. The first kappa shape index (κ1) is 35.6. The fourth-order valence-corrected chi connectivity index (χ4v) is 5.91. The third kappa shape index (κ3) is 8.96. The Labute approximate surface area is 256 Å². The minimum Gasteiger partial charge on any atom is -0.342 e. The van der Waals surface area contributed by atoms with Crippen molar-refractivity contribution < 1.29 is 22.8 Å². The first-order valence-corrected chi connectivity index (χ1v) is 15.8. The van der Waals surface area contributed by atoms with Gasteiger partial charge in [0.15, 0.2) is 0 Å². The van der Waals surface area contributed by atoms with Gasteiger partial charge in [0.2, 0.25) is 11.8 Å². The molecule has 1 aromatic heterocycles. The van der Waals surface area contributed by atoms with Gasteiger partial charge in [0.25, 0.3) is 15.9 Å². The first-order valence-electron chi connectivity index (χ1n) is 14.3. The predicted octanol–water partition coefficient (Wildman–Crippen LogP) is 3.41. The molecule has 3 atom stereocenters. The highest BCUT2D eigenvalue weighted by Gasteiger charge is 2.41. The van der Waals surface area contributed by atoms with E-state index < -0.39 is 44.9 Å². The zero-order valence-electron chi connectivity index (χ0n) is 26.9. The van der Waals surface area contributed by atoms with E-state index in [9.17, 15) is 22.8 Å². The quantitative estimate of drug-likeness (QED) is 0.312. The number of carbonyl (C=O) groups excluding carboxylic acids is 3. The highest BCUT2D eigenvalue weighted by molar-refractivity contribution is 7.90. The molecule has 0 aliphatic rings. The molecular weight excluding hydrogens is 566 g/mol. The van der Waals surface area contributed by atoms with Gasteiger partial charge in [0, 0.05) is 30.4 Å². The molecule has 0 fully saturated rings. The van der Waals surface area contributed by atoms with Gasteiger partial charge in [-0.05, 0) is 43.0 Å². The standard InChI is InChI=1S/C32H47N5O5S/c1-21(2)25(19-22(3)28(38)36-43(41,42)24-17-14-18-34-20-24)37(10)30(40)27(31(4,5)6)35-29(39)26(33-9)32(7,8)23-15-12-11-13-16-23/h11-21,25-27,33H,1-10H3,(H,35,39)(H,36,38)/t25-,26-,27-/m1/s1. The number of rotatable bonds is 12. The van der Waals surface area contributed by atoms with E-state index in [-0.39, 0.29) is 28.2 Å². The Kier molecular flexibility index (Phi) is 11.8. The van der Waals surface area contributed by atoms with E-state index in [0.29, 0.717) is 0 Å². The molecule has 0 saturated heterocycles. The number of amides is 3. The highest BCUT2D eigenvalue weighted by atomic mass is 32.2. The monoisotopic (exact) mass is 613 g/mol. The lowest BCUT2D eigenvalue weighted by Gasteiger charge is -2.40. The van der Waals surface area contributed by atoms with Gasteiger partial charge in [-0.3, -0.25) is 19.4 Å². The molecule has 2 aromatic rings. The minimum atomic E-state index is -4.12. The zero-order chi connectivity index (χ0) is 32.8. The van der Waals surface area contributed by atoms with Crippen LogP contribution >= 0.6 is 0 Å². The van der Waals surface area contributed by atoms with Crippen LogP contribution < -0.4 is 15.4 Å². The van der Waals surface area contributed by atoms with Crippen molar-refractivity contribution in [2.75, 3.05) is 14.1 Å². The largest absolute Gasteiger partial charge is 0.342 e. The van der Waals surface area contributed by atoms with Gasteiger partial charge in [-0.15, -0.1) is 0 Å². The number of nitrogens with one attached hydrogen (secondary N) is 3. The highest BCUT2D eigenvalue weighted by Crippen LogP contribution is 2.29. The van der Waals surface area contributed by atoms with E-state index in [1.54, 1.807) is 20.2 Å². The first-order chi connectivity index (χ1) is 19.8. The molecule has 0 unspecified atom stereocenters. The zero-order valence-corrected chi connectivity index (χ0v) is 27.7. The Hall–Kier alpha value is -3.57. The molecule has 0 spiro atoms. The number of nitrogens with zero attached hydrogens (tertiary/aromatic N) is 2. The van der Waals surface area contributed by atoms with Crippen LogP contribution in [0.5, 0.6) is 0 Å². The molecule has 1 heterocycles. The minimum absolute atomic E-state index is 0.127. The lowest BCUT2D eigenvalue weighted by molar-refractivity contribution is -0.140. The van der Waals surface area contributed by atoms with E-state index in [1.165, 1.54) is 30.2 Å². The number of hydrogen-bond acceptors (Lipinski definition) is 7. The topological polar surface area (TPSA) is 138 Å². The Morgan fingerprint density at radius 2 is 1.56 bits per heavy atom. The lowest BCUT2D eigenvalue weighted by atomic mass is 9.76. The van der Waals surface area contributed by atoms with Crippen molar-refractivity contribution >= 4 is 27.7 Å². The third-order valence-corrected chi connectivity index (χ3v) is 8.93. The maximum absolute atomic E-state index is 14.0. The normalized spacial score (nSPS) is 14.9. The van der Waals surface area contributed by atoms with Crippen LogP contribution in [0.2, 0.25) is 0 Å². The van der Waals surface area contributed by atoms with E-state index in [1.807, 2.05) is 78.8 Å². The number of likely N-dealkylation sites (N-methyl/N-ethyl adjacent to an activating group) is 2. The van der Waals surface area contributed by atoms with Crippen molar-refractivity contribution in [2.45, 2.75) is 83.8 Å². The number of hydrogen-bond donors (Lipinski definition) is 3. The van der Waals surface area contributed by atoms with Crippen LogP contribution in [-0.2, 0) is 29.8 Å². The molecular formula is C32H47N5O5S. The maximum Gasteiger partial charge on any atom is 0.265 e. The predicted molar refractivity (Wildman–Crippen MR) is 168 cm³/mol.